The molecule has 19 heavy (non-hydrogen) atoms. The maximum Gasteiger partial charge on any atom is 0.131 e. The van der Waals surface area contributed by atoms with E-state index in [1.54, 1.807) is 19.2 Å². The predicted molar refractivity (Wildman–Crippen MR) is 81.6 cm³/mol. The number of nitrogens with one attached hydrogen (secondary N) is 1. The molecule has 4 heteroatoms. The third-order valence-corrected chi connectivity index (χ3v) is 3.84. The Labute approximate surface area is 120 Å². The van der Waals surface area contributed by atoms with Crippen LogP contribution < -0.4 is 10.1 Å². The summed E-state index contributed by atoms with van der Waals surface area (Å²) >= 11 is 1.88. The Morgan fingerprint density at radius 3 is 2.79 bits per heavy atom. The molecule has 0 spiro atoms. The number of thioether (sulfide) groups is 1. The number of hydrogen-bond acceptors (Lipinski definition) is 3. The molecule has 0 amide bonds. The second kappa shape index (κ2) is 9.21. The lowest BCUT2D eigenvalue weighted by Gasteiger charge is -2.18. The SMILES string of the molecule is COc1cccc(F)c1C(C)NCCCCCSC. The van der Waals surface area contributed by atoms with Gasteiger partial charge in [-0.25, -0.2) is 4.39 Å². The first-order valence-electron chi connectivity index (χ1n) is 6.75. The molecule has 0 radical (unpaired) electrons. The number of ether oxygens (including phenoxy) is 1. The molecule has 108 valence electrons. The van der Waals surface area contributed by atoms with Crippen molar-refractivity contribution in [3.05, 3.63) is 29.6 Å². The van der Waals surface area contributed by atoms with E-state index in [1.165, 1.54) is 24.7 Å². The highest BCUT2D eigenvalue weighted by Gasteiger charge is 2.15. The van der Waals surface area contributed by atoms with Crippen LogP contribution in [0.2, 0.25) is 0 Å². The molecule has 0 aliphatic heterocycles. The van der Waals surface area contributed by atoms with E-state index in [4.69, 9.17) is 4.74 Å². The average Bonchev–Trinajstić information content (AvgIpc) is 2.42. The summed E-state index contributed by atoms with van der Waals surface area (Å²) in [7, 11) is 1.58. The molecule has 0 aromatic heterocycles. The third kappa shape index (κ3) is 5.41. The number of hydrogen-bond donors (Lipinski definition) is 1. The van der Waals surface area contributed by atoms with E-state index in [0.29, 0.717) is 11.3 Å². The highest BCUT2D eigenvalue weighted by atomic mass is 32.2. The molecule has 1 aromatic rings. The lowest BCUT2D eigenvalue weighted by Crippen LogP contribution is -2.21. The Hall–Kier alpha value is -0.740. The van der Waals surface area contributed by atoms with Gasteiger partial charge in [0.1, 0.15) is 11.6 Å². The van der Waals surface area contributed by atoms with Crippen molar-refractivity contribution in [3.8, 4) is 5.75 Å². The molecular formula is C15H24FNOS. The topological polar surface area (TPSA) is 21.3 Å². The van der Waals surface area contributed by atoms with Gasteiger partial charge in [0.2, 0.25) is 0 Å². The summed E-state index contributed by atoms with van der Waals surface area (Å²) in [5, 5.41) is 3.36. The molecule has 0 aliphatic rings. The molecule has 0 fully saturated rings. The van der Waals surface area contributed by atoms with Crippen LogP contribution in [0, 0.1) is 5.82 Å². The fourth-order valence-corrected chi connectivity index (χ4v) is 2.58. The van der Waals surface area contributed by atoms with Crippen LogP contribution in [-0.2, 0) is 0 Å². The van der Waals surface area contributed by atoms with Gasteiger partial charge in [0, 0.05) is 11.6 Å². The Balaban J connectivity index is 2.43. The highest BCUT2D eigenvalue weighted by Crippen LogP contribution is 2.27. The van der Waals surface area contributed by atoms with Crippen LogP contribution in [0.1, 0.15) is 37.8 Å². The summed E-state index contributed by atoms with van der Waals surface area (Å²) in [6.07, 6.45) is 5.72. The van der Waals surface area contributed by atoms with Gasteiger partial charge in [0.25, 0.3) is 0 Å². The standard InChI is InChI=1S/C15H24FNOS/c1-12(17-10-5-4-6-11-19-3)15-13(16)8-7-9-14(15)18-2/h7-9,12,17H,4-6,10-11H2,1-3H3. The number of benzene rings is 1. The van der Waals surface area contributed by atoms with Crippen LogP contribution in [0.15, 0.2) is 18.2 Å². The smallest absolute Gasteiger partial charge is 0.131 e. The van der Waals surface area contributed by atoms with Crippen LogP contribution in [0.25, 0.3) is 0 Å². The Morgan fingerprint density at radius 2 is 2.11 bits per heavy atom. The predicted octanol–water partition coefficient (Wildman–Crippen LogP) is 4.02. The number of methoxy groups -OCH3 is 1. The van der Waals surface area contributed by atoms with Gasteiger partial charge in [-0.2, -0.15) is 11.8 Å². The van der Waals surface area contributed by atoms with E-state index >= 15 is 0 Å². The zero-order valence-electron chi connectivity index (χ0n) is 12.0. The maximum atomic E-state index is 13.8. The van der Waals surface area contributed by atoms with Gasteiger partial charge in [0.15, 0.2) is 0 Å². The Bertz CT molecular complexity index is 373. The molecule has 2 nitrogen and oxygen atoms in total. The van der Waals surface area contributed by atoms with Crippen molar-refractivity contribution < 1.29 is 9.13 Å². The Kier molecular flexibility index (Phi) is 7.91. The fraction of sp³-hybridized carbons (Fsp3) is 0.600. The molecule has 0 aliphatic carbocycles. The van der Waals surface area contributed by atoms with E-state index in [2.05, 4.69) is 11.6 Å². The van der Waals surface area contributed by atoms with Crippen LogP contribution in [0.3, 0.4) is 0 Å². The first-order valence-corrected chi connectivity index (χ1v) is 8.14. The van der Waals surface area contributed by atoms with E-state index in [1.807, 2.05) is 18.7 Å². The average molecular weight is 285 g/mol. The molecule has 0 saturated carbocycles. The molecule has 0 saturated heterocycles. The van der Waals surface area contributed by atoms with Crippen LogP contribution in [0.5, 0.6) is 5.75 Å². The normalized spacial score (nSPS) is 12.4. The number of halogens is 1. The van der Waals surface area contributed by atoms with Crippen molar-refractivity contribution in [3.63, 3.8) is 0 Å². The van der Waals surface area contributed by atoms with Gasteiger partial charge in [-0.15, -0.1) is 0 Å². The first-order chi connectivity index (χ1) is 9.20. The third-order valence-electron chi connectivity index (χ3n) is 3.14. The summed E-state index contributed by atoms with van der Waals surface area (Å²) in [6, 6.07) is 4.92. The van der Waals surface area contributed by atoms with Crippen molar-refractivity contribution in [1.82, 2.24) is 5.32 Å². The largest absolute Gasteiger partial charge is 0.496 e. The van der Waals surface area contributed by atoms with Gasteiger partial charge >= 0.3 is 0 Å². The van der Waals surface area contributed by atoms with Crippen molar-refractivity contribution in [2.24, 2.45) is 0 Å². The minimum absolute atomic E-state index is 0.0308. The lowest BCUT2D eigenvalue weighted by atomic mass is 10.1. The highest BCUT2D eigenvalue weighted by molar-refractivity contribution is 7.98. The molecule has 1 N–H and O–H groups in total. The van der Waals surface area contributed by atoms with E-state index in [9.17, 15) is 4.39 Å². The van der Waals surface area contributed by atoms with E-state index in [0.717, 1.165) is 13.0 Å². The second-order valence-corrected chi connectivity index (χ2v) is 5.57. The van der Waals surface area contributed by atoms with Gasteiger partial charge in [-0.1, -0.05) is 12.5 Å². The van der Waals surface area contributed by atoms with Crippen molar-refractivity contribution >= 4 is 11.8 Å². The van der Waals surface area contributed by atoms with Gasteiger partial charge < -0.3 is 10.1 Å². The van der Waals surface area contributed by atoms with E-state index < -0.39 is 0 Å². The molecular weight excluding hydrogens is 261 g/mol. The molecule has 1 aromatic carbocycles. The number of unbranched alkanes of at least 4 members (excludes halogenated alkanes) is 2. The summed E-state index contributed by atoms with van der Waals surface area (Å²) in [6.45, 7) is 2.88. The fourth-order valence-electron chi connectivity index (χ4n) is 2.08. The molecule has 1 atom stereocenters. The van der Waals surface area contributed by atoms with E-state index in [-0.39, 0.29) is 11.9 Å². The van der Waals surface area contributed by atoms with Gasteiger partial charge in [-0.05, 0) is 50.5 Å². The lowest BCUT2D eigenvalue weighted by molar-refractivity contribution is 0.393. The first kappa shape index (κ1) is 16.3. The quantitative estimate of drug-likeness (QED) is 0.692. The number of rotatable bonds is 9. The zero-order valence-corrected chi connectivity index (χ0v) is 12.9. The molecule has 0 heterocycles. The monoisotopic (exact) mass is 285 g/mol. The summed E-state index contributed by atoms with van der Waals surface area (Å²) < 4.78 is 19.1. The Morgan fingerprint density at radius 1 is 1.32 bits per heavy atom. The second-order valence-electron chi connectivity index (χ2n) is 4.59. The molecule has 0 bridgehead atoms. The minimum atomic E-state index is -0.207. The van der Waals surface area contributed by atoms with Crippen molar-refractivity contribution in [2.75, 3.05) is 25.7 Å². The van der Waals surface area contributed by atoms with Crippen molar-refractivity contribution in [2.45, 2.75) is 32.2 Å². The van der Waals surface area contributed by atoms with Crippen LogP contribution >= 0.6 is 11.8 Å². The molecule has 1 rings (SSSR count). The summed E-state index contributed by atoms with van der Waals surface area (Å²) in [5.74, 6) is 1.63. The molecule has 1 unspecified atom stereocenters. The van der Waals surface area contributed by atoms with Gasteiger partial charge in [0.05, 0.1) is 7.11 Å². The minimum Gasteiger partial charge on any atom is -0.496 e. The van der Waals surface area contributed by atoms with Crippen molar-refractivity contribution in [1.29, 1.82) is 0 Å². The van der Waals surface area contributed by atoms with Gasteiger partial charge in [-0.3, -0.25) is 0 Å². The maximum absolute atomic E-state index is 13.8. The summed E-state index contributed by atoms with van der Waals surface area (Å²) in [5.41, 5.74) is 0.620. The zero-order chi connectivity index (χ0) is 14.1. The summed E-state index contributed by atoms with van der Waals surface area (Å²) in [4.78, 5) is 0. The van der Waals surface area contributed by atoms with Crippen LogP contribution in [0.4, 0.5) is 4.39 Å². The van der Waals surface area contributed by atoms with Crippen LogP contribution in [-0.4, -0.2) is 25.7 Å².